The molecule has 1 heterocycles. The molecular formula is C14H16FN3O. The van der Waals surface area contributed by atoms with E-state index in [-0.39, 0.29) is 11.9 Å². The third-order valence-corrected chi connectivity index (χ3v) is 2.54. The Labute approximate surface area is 111 Å². The summed E-state index contributed by atoms with van der Waals surface area (Å²) >= 11 is 0. The van der Waals surface area contributed by atoms with Crippen molar-refractivity contribution in [2.24, 2.45) is 0 Å². The van der Waals surface area contributed by atoms with Gasteiger partial charge in [0.2, 0.25) is 0 Å². The molecule has 1 aromatic heterocycles. The van der Waals surface area contributed by atoms with Gasteiger partial charge in [-0.05, 0) is 38.1 Å². The van der Waals surface area contributed by atoms with Crippen LogP contribution in [0.3, 0.4) is 0 Å². The zero-order valence-corrected chi connectivity index (χ0v) is 10.9. The van der Waals surface area contributed by atoms with Gasteiger partial charge in [-0.15, -0.1) is 0 Å². The zero-order valence-electron chi connectivity index (χ0n) is 10.9. The molecule has 4 nitrogen and oxygen atoms in total. The topological polar surface area (TPSA) is 74.2 Å². The first-order valence-corrected chi connectivity index (χ1v) is 5.96. The molecule has 100 valence electrons. The van der Waals surface area contributed by atoms with Crippen LogP contribution in [0.2, 0.25) is 0 Å². The highest BCUT2D eigenvalue weighted by Crippen LogP contribution is 2.34. The molecule has 0 bridgehead atoms. The molecule has 19 heavy (non-hydrogen) atoms. The quantitative estimate of drug-likeness (QED) is 0.891. The molecule has 0 radical (unpaired) electrons. The van der Waals surface area contributed by atoms with Crippen LogP contribution in [0.1, 0.15) is 13.8 Å². The molecule has 5 heteroatoms. The van der Waals surface area contributed by atoms with Crippen molar-refractivity contribution in [2.45, 2.75) is 20.0 Å². The van der Waals surface area contributed by atoms with E-state index in [0.29, 0.717) is 28.5 Å². The van der Waals surface area contributed by atoms with Gasteiger partial charge in [-0.3, -0.25) is 0 Å². The summed E-state index contributed by atoms with van der Waals surface area (Å²) in [6.45, 7) is 3.75. The number of pyridine rings is 1. The van der Waals surface area contributed by atoms with Crippen molar-refractivity contribution in [3.8, 4) is 16.9 Å². The van der Waals surface area contributed by atoms with Crippen molar-refractivity contribution < 1.29 is 9.13 Å². The molecule has 0 aliphatic heterocycles. The molecule has 0 saturated carbocycles. The Morgan fingerprint density at radius 1 is 1.11 bits per heavy atom. The minimum absolute atomic E-state index is 0.0662. The molecule has 0 aliphatic rings. The Hall–Kier alpha value is -2.30. The largest absolute Gasteiger partial charge is 0.490 e. The fourth-order valence-electron chi connectivity index (χ4n) is 1.79. The van der Waals surface area contributed by atoms with Gasteiger partial charge in [-0.2, -0.15) is 0 Å². The SMILES string of the molecule is CC(C)Oc1cc(F)ccc1-c1ccc(N)nc1N. The van der Waals surface area contributed by atoms with Crippen LogP contribution < -0.4 is 16.2 Å². The van der Waals surface area contributed by atoms with Gasteiger partial charge in [0.25, 0.3) is 0 Å². The fourth-order valence-corrected chi connectivity index (χ4v) is 1.79. The van der Waals surface area contributed by atoms with Crippen LogP contribution in [0.4, 0.5) is 16.0 Å². The number of halogens is 1. The normalized spacial score (nSPS) is 10.7. The second kappa shape index (κ2) is 5.14. The highest BCUT2D eigenvalue weighted by molar-refractivity contribution is 5.79. The van der Waals surface area contributed by atoms with Gasteiger partial charge < -0.3 is 16.2 Å². The van der Waals surface area contributed by atoms with Crippen molar-refractivity contribution in [1.29, 1.82) is 0 Å². The summed E-state index contributed by atoms with van der Waals surface area (Å²) in [7, 11) is 0. The van der Waals surface area contributed by atoms with Crippen molar-refractivity contribution >= 4 is 11.6 Å². The lowest BCUT2D eigenvalue weighted by Gasteiger charge is -2.15. The van der Waals surface area contributed by atoms with Gasteiger partial charge >= 0.3 is 0 Å². The highest BCUT2D eigenvalue weighted by Gasteiger charge is 2.12. The molecular weight excluding hydrogens is 245 g/mol. The van der Waals surface area contributed by atoms with Crippen molar-refractivity contribution in [3.05, 3.63) is 36.1 Å². The molecule has 0 fully saturated rings. The van der Waals surface area contributed by atoms with E-state index in [9.17, 15) is 4.39 Å². The summed E-state index contributed by atoms with van der Waals surface area (Å²) in [4.78, 5) is 4.00. The zero-order chi connectivity index (χ0) is 14.0. The average molecular weight is 261 g/mol. The van der Waals surface area contributed by atoms with Crippen LogP contribution in [0, 0.1) is 5.82 Å². The van der Waals surface area contributed by atoms with Crippen molar-refractivity contribution in [2.75, 3.05) is 11.5 Å². The van der Waals surface area contributed by atoms with E-state index in [2.05, 4.69) is 4.98 Å². The molecule has 0 aliphatic carbocycles. The minimum Gasteiger partial charge on any atom is -0.490 e. The van der Waals surface area contributed by atoms with E-state index in [1.807, 2.05) is 13.8 Å². The highest BCUT2D eigenvalue weighted by atomic mass is 19.1. The third-order valence-electron chi connectivity index (χ3n) is 2.54. The maximum atomic E-state index is 13.3. The predicted octanol–water partition coefficient (Wildman–Crippen LogP) is 2.84. The van der Waals surface area contributed by atoms with E-state index in [0.717, 1.165) is 0 Å². The first-order valence-electron chi connectivity index (χ1n) is 5.96. The van der Waals surface area contributed by atoms with Gasteiger partial charge in [0.05, 0.1) is 6.10 Å². The van der Waals surface area contributed by atoms with Crippen molar-refractivity contribution in [3.63, 3.8) is 0 Å². The molecule has 2 rings (SSSR count). The van der Waals surface area contributed by atoms with Crippen LogP contribution in [0.15, 0.2) is 30.3 Å². The second-order valence-electron chi connectivity index (χ2n) is 4.48. The van der Waals surface area contributed by atoms with Crippen LogP contribution >= 0.6 is 0 Å². The van der Waals surface area contributed by atoms with Crippen LogP contribution in [0.5, 0.6) is 5.75 Å². The maximum absolute atomic E-state index is 13.3. The lowest BCUT2D eigenvalue weighted by atomic mass is 10.1. The van der Waals surface area contributed by atoms with Gasteiger partial charge in [0, 0.05) is 17.2 Å². The number of benzene rings is 1. The monoisotopic (exact) mass is 261 g/mol. The summed E-state index contributed by atoms with van der Waals surface area (Å²) in [5.74, 6) is 0.713. The average Bonchev–Trinajstić information content (AvgIpc) is 2.30. The summed E-state index contributed by atoms with van der Waals surface area (Å²) < 4.78 is 18.9. The van der Waals surface area contributed by atoms with Crippen LogP contribution in [-0.2, 0) is 0 Å². The van der Waals surface area contributed by atoms with Crippen LogP contribution in [-0.4, -0.2) is 11.1 Å². The maximum Gasteiger partial charge on any atom is 0.133 e. The Morgan fingerprint density at radius 2 is 1.79 bits per heavy atom. The molecule has 4 N–H and O–H groups in total. The van der Waals surface area contributed by atoms with Gasteiger partial charge in [-0.1, -0.05) is 0 Å². The Kier molecular flexibility index (Phi) is 3.55. The number of hydrogen-bond donors (Lipinski definition) is 2. The predicted molar refractivity (Wildman–Crippen MR) is 74.2 cm³/mol. The van der Waals surface area contributed by atoms with E-state index in [1.54, 1.807) is 18.2 Å². The van der Waals surface area contributed by atoms with Gasteiger partial charge in [0.15, 0.2) is 0 Å². The summed E-state index contributed by atoms with van der Waals surface area (Å²) in [6.07, 6.45) is -0.0662. The number of nitrogens with two attached hydrogens (primary N) is 2. The fraction of sp³-hybridized carbons (Fsp3) is 0.214. The smallest absolute Gasteiger partial charge is 0.133 e. The van der Waals surface area contributed by atoms with E-state index in [1.165, 1.54) is 12.1 Å². The number of rotatable bonds is 3. The number of hydrogen-bond acceptors (Lipinski definition) is 4. The number of aromatic nitrogens is 1. The van der Waals surface area contributed by atoms with Crippen molar-refractivity contribution in [1.82, 2.24) is 4.98 Å². The molecule has 0 saturated heterocycles. The minimum atomic E-state index is -0.360. The van der Waals surface area contributed by atoms with E-state index >= 15 is 0 Å². The summed E-state index contributed by atoms with van der Waals surface area (Å²) in [5.41, 5.74) is 12.8. The molecule has 0 unspecified atom stereocenters. The standard InChI is InChI=1S/C14H16FN3O/c1-8(2)19-12-7-9(15)3-4-10(12)11-5-6-13(16)18-14(11)17/h3-8H,1-2H3,(H4,16,17,18). The molecule has 2 aromatic rings. The summed E-state index contributed by atoms with van der Waals surface area (Å²) in [5, 5.41) is 0. The van der Waals surface area contributed by atoms with Crippen LogP contribution in [0.25, 0.3) is 11.1 Å². The Bertz CT molecular complexity index is 599. The molecule has 0 amide bonds. The molecule has 0 atom stereocenters. The lowest BCUT2D eigenvalue weighted by Crippen LogP contribution is -2.07. The molecule has 1 aromatic carbocycles. The lowest BCUT2D eigenvalue weighted by molar-refractivity contribution is 0.242. The number of nitrogens with zero attached hydrogens (tertiary/aromatic N) is 1. The van der Waals surface area contributed by atoms with Gasteiger partial charge in [0.1, 0.15) is 23.2 Å². The second-order valence-corrected chi connectivity index (χ2v) is 4.48. The van der Waals surface area contributed by atoms with E-state index < -0.39 is 0 Å². The number of anilines is 2. The number of nitrogen functional groups attached to an aromatic ring is 2. The third kappa shape index (κ3) is 2.93. The first-order chi connectivity index (χ1) is 8.97. The Morgan fingerprint density at radius 3 is 2.42 bits per heavy atom. The first kappa shape index (κ1) is 13.1. The summed E-state index contributed by atoms with van der Waals surface area (Å²) in [6, 6.07) is 7.71. The Balaban J connectivity index is 2.54. The number of ether oxygens (including phenoxy) is 1. The van der Waals surface area contributed by atoms with Gasteiger partial charge in [-0.25, -0.2) is 9.37 Å². The molecule has 0 spiro atoms. The van der Waals surface area contributed by atoms with E-state index in [4.69, 9.17) is 16.2 Å².